The summed E-state index contributed by atoms with van der Waals surface area (Å²) in [5, 5.41) is 18.9. The Hall–Kier alpha value is -1.07. The number of β-amino-alcohol motifs (C(OH)–C–C–N with tert-alkyl or cyclic N) is 1. The summed E-state index contributed by atoms with van der Waals surface area (Å²) in [6.45, 7) is 1.05. The Morgan fingerprint density at radius 3 is 2.94 bits per heavy atom. The number of anilines is 1. The van der Waals surface area contributed by atoms with E-state index in [0.29, 0.717) is 19.5 Å². The fourth-order valence-electron chi connectivity index (χ4n) is 2.18. The zero-order chi connectivity index (χ0) is 12.5. The summed E-state index contributed by atoms with van der Waals surface area (Å²) in [6, 6.07) is 7.78. The van der Waals surface area contributed by atoms with Gasteiger partial charge in [-0.05, 0) is 24.6 Å². The number of carboxylic acids is 1. The van der Waals surface area contributed by atoms with Gasteiger partial charge in [-0.15, -0.1) is 0 Å². The molecular weight excluding hydrogens is 286 g/mol. The van der Waals surface area contributed by atoms with Crippen LogP contribution < -0.4 is 4.90 Å². The van der Waals surface area contributed by atoms with Crippen molar-refractivity contribution in [3.8, 4) is 0 Å². The fourth-order valence-corrected chi connectivity index (χ4v) is 2.56. The molecule has 2 N–H and O–H groups in total. The van der Waals surface area contributed by atoms with Gasteiger partial charge in [0, 0.05) is 23.2 Å². The van der Waals surface area contributed by atoms with Crippen LogP contribution in [-0.4, -0.2) is 34.9 Å². The first-order chi connectivity index (χ1) is 7.98. The predicted molar refractivity (Wildman–Crippen MR) is 68.2 cm³/mol. The van der Waals surface area contributed by atoms with E-state index < -0.39 is 11.6 Å². The molecule has 1 aromatic rings. The van der Waals surface area contributed by atoms with E-state index in [1.54, 1.807) is 0 Å². The molecule has 17 heavy (non-hydrogen) atoms. The zero-order valence-electron chi connectivity index (χ0n) is 9.27. The molecule has 1 atom stereocenters. The van der Waals surface area contributed by atoms with Crippen LogP contribution in [0.2, 0.25) is 0 Å². The molecule has 1 aliphatic heterocycles. The molecule has 0 radical (unpaired) electrons. The second-order valence-corrected chi connectivity index (χ2v) is 5.36. The van der Waals surface area contributed by atoms with Crippen molar-refractivity contribution in [2.75, 3.05) is 18.0 Å². The van der Waals surface area contributed by atoms with Crippen molar-refractivity contribution in [2.45, 2.75) is 18.4 Å². The molecule has 1 saturated heterocycles. The van der Waals surface area contributed by atoms with Crippen molar-refractivity contribution in [2.24, 2.45) is 0 Å². The summed E-state index contributed by atoms with van der Waals surface area (Å²) < 4.78 is 0.976. The third-order valence-corrected chi connectivity index (χ3v) is 3.48. The highest BCUT2D eigenvalue weighted by molar-refractivity contribution is 9.10. The molecule has 92 valence electrons. The Balaban J connectivity index is 2.09. The minimum atomic E-state index is -1.10. The van der Waals surface area contributed by atoms with Crippen molar-refractivity contribution < 1.29 is 15.0 Å². The molecule has 5 heteroatoms. The summed E-state index contributed by atoms with van der Waals surface area (Å²) in [5.41, 5.74) is -0.102. The van der Waals surface area contributed by atoms with E-state index in [1.165, 1.54) is 0 Å². The Morgan fingerprint density at radius 1 is 1.53 bits per heavy atom. The maximum Gasteiger partial charge on any atom is 0.306 e. The summed E-state index contributed by atoms with van der Waals surface area (Å²) >= 11 is 3.39. The number of carbonyl (C=O) groups is 1. The minimum Gasteiger partial charge on any atom is -0.481 e. The molecule has 0 saturated carbocycles. The third kappa shape index (κ3) is 2.98. The molecule has 0 spiro atoms. The van der Waals surface area contributed by atoms with E-state index in [1.807, 2.05) is 29.2 Å². The lowest BCUT2D eigenvalue weighted by atomic mass is 9.99. The largest absolute Gasteiger partial charge is 0.481 e. The summed E-state index contributed by atoms with van der Waals surface area (Å²) in [7, 11) is 0. The number of hydrogen-bond acceptors (Lipinski definition) is 3. The maximum atomic E-state index is 10.7. The average Bonchev–Trinajstić information content (AvgIpc) is 2.59. The van der Waals surface area contributed by atoms with Crippen LogP contribution in [0.15, 0.2) is 28.7 Å². The van der Waals surface area contributed by atoms with Crippen LogP contribution in [0.3, 0.4) is 0 Å². The zero-order valence-corrected chi connectivity index (χ0v) is 10.9. The van der Waals surface area contributed by atoms with Crippen LogP contribution in [-0.2, 0) is 4.79 Å². The van der Waals surface area contributed by atoms with Gasteiger partial charge in [0.25, 0.3) is 0 Å². The average molecular weight is 300 g/mol. The molecule has 0 amide bonds. The van der Waals surface area contributed by atoms with Crippen molar-refractivity contribution in [3.63, 3.8) is 0 Å². The van der Waals surface area contributed by atoms with Gasteiger partial charge in [0.1, 0.15) is 0 Å². The second-order valence-electron chi connectivity index (χ2n) is 4.45. The maximum absolute atomic E-state index is 10.7. The lowest BCUT2D eigenvalue weighted by molar-refractivity contribution is -0.141. The van der Waals surface area contributed by atoms with Gasteiger partial charge < -0.3 is 15.1 Å². The molecule has 1 unspecified atom stereocenters. The summed E-state index contributed by atoms with van der Waals surface area (Å²) in [5.74, 6) is -0.955. The smallest absolute Gasteiger partial charge is 0.306 e. The molecule has 4 nitrogen and oxygen atoms in total. The molecule has 2 rings (SSSR count). The van der Waals surface area contributed by atoms with Gasteiger partial charge in [0.05, 0.1) is 12.0 Å². The van der Waals surface area contributed by atoms with E-state index in [9.17, 15) is 9.90 Å². The number of nitrogens with zero attached hydrogens (tertiary/aromatic N) is 1. The van der Waals surface area contributed by atoms with Crippen LogP contribution in [0.25, 0.3) is 0 Å². The number of hydrogen-bond donors (Lipinski definition) is 2. The van der Waals surface area contributed by atoms with Gasteiger partial charge in [-0.2, -0.15) is 0 Å². The fraction of sp³-hybridized carbons (Fsp3) is 0.417. The highest BCUT2D eigenvalue weighted by atomic mass is 79.9. The first-order valence-corrected chi connectivity index (χ1v) is 6.22. The molecule has 0 aromatic heterocycles. The number of carboxylic acid groups (broad SMARTS) is 1. The number of rotatable bonds is 3. The third-order valence-electron chi connectivity index (χ3n) is 2.99. The highest BCUT2D eigenvalue weighted by Crippen LogP contribution is 2.30. The summed E-state index contributed by atoms with van der Waals surface area (Å²) in [4.78, 5) is 12.7. The highest BCUT2D eigenvalue weighted by Gasteiger charge is 2.38. The number of halogens is 1. The second kappa shape index (κ2) is 4.66. The lowest BCUT2D eigenvalue weighted by Gasteiger charge is -2.23. The van der Waals surface area contributed by atoms with Crippen LogP contribution in [0.1, 0.15) is 12.8 Å². The van der Waals surface area contributed by atoms with Crippen LogP contribution in [0, 0.1) is 0 Å². The van der Waals surface area contributed by atoms with Crippen molar-refractivity contribution in [1.82, 2.24) is 0 Å². The molecule has 1 heterocycles. The van der Waals surface area contributed by atoms with E-state index in [-0.39, 0.29) is 6.42 Å². The topological polar surface area (TPSA) is 60.8 Å². The molecule has 0 aliphatic carbocycles. The van der Waals surface area contributed by atoms with E-state index in [4.69, 9.17) is 5.11 Å². The number of aliphatic carboxylic acids is 1. The Morgan fingerprint density at radius 2 is 2.29 bits per heavy atom. The molecular formula is C12H14BrNO3. The Labute approximate surface area is 108 Å². The van der Waals surface area contributed by atoms with Gasteiger partial charge in [-0.3, -0.25) is 4.79 Å². The van der Waals surface area contributed by atoms with Gasteiger partial charge >= 0.3 is 5.97 Å². The first-order valence-electron chi connectivity index (χ1n) is 5.43. The van der Waals surface area contributed by atoms with Crippen molar-refractivity contribution >= 4 is 27.6 Å². The van der Waals surface area contributed by atoms with Gasteiger partial charge in [0.2, 0.25) is 0 Å². The first kappa shape index (κ1) is 12.4. The van der Waals surface area contributed by atoms with Crippen molar-refractivity contribution in [3.05, 3.63) is 28.7 Å². The molecule has 1 aliphatic rings. The van der Waals surface area contributed by atoms with Crippen molar-refractivity contribution in [1.29, 1.82) is 0 Å². The predicted octanol–water partition coefficient (Wildman–Crippen LogP) is 1.86. The normalized spacial score (nSPS) is 24.0. The van der Waals surface area contributed by atoms with Gasteiger partial charge in [0.15, 0.2) is 0 Å². The summed E-state index contributed by atoms with van der Waals surface area (Å²) in [6.07, 6.45) is 0.295. The van der Waals surface area contributed by atoms with Gasteiger partial charge in [-0.25, -0.2) is 0 Å². The van der Waals surface area contributed by atoms with Crippen LogP contribution >= 0.6 is 15.9 Å². The van der Waals surface area contributed by atoms with Gasteiger partial charge in [-0.1, -0.05) is 22.0 Å². The van der Waals surface area contributed by atoms with E-state index >= 15 is 0 Å². The van der Waals surface area contributed by atoms with Crippen LogP contribution in [0.4, 0.5) is 5.69 Å². The van der Waals surface area contributed by atoms with E-state index in [0.717, 1.165) is 10.2 Å². The standard InChI is InChI=1S/C12H14BrNO3/c13-9-2-1-3-10(6-9)14-5-4-12(17,8-14)7-11(15)16/h1-3,6,17H,4-5,7-8H2,(H,15,16). The molecule has 0 bridgehead atoms. The lowest BCUT2D eigenvalue weighted by Crippen LogP contribution is -2.35. The SMILES string of the molecule is O=C(O)CC1(O)CCN(c2cccc(Br)c2)C1. The van der Waals surface area contributed by atoms with E-state index in [2.05, 4.69) is 15.9 Å². The van der Waals surface area contributed by atoms with Crippen LogP contribution in [0.5, 0.6) is 0 Å². The number of aliphatic hydroxyl groups is 1. The quantitative estimate of drug-likeness (QED) is 0.894. The number of benzene rings is 1. The monoisotopic (exact) mass is 299 g/mol. The Bertz CT molecular complexity index is 438. The molecule has 1 fully saturated rings. The Kier molecular flexibility index (Phi) is 3.40. The molecule has 1 aromatic carbocycles. The minimum absolute atomic E-state index is 0.197.